The van der Waals surface area contributed by atoms with Gasteiger partial charge in [-0.15, -0.1) is 5.10 Å². The fourth-order valence-corrected chi connectivity index (χ4v) is 2.74. The Kier molecular flexibility index (Phi) is 3.18. The Bertz CT molecular complexity index is 560. The minimum atomic E-state index is 0.458. The van der Waals surface area contributed by atoms with Gasteiger partial charge in [0.15, 0.2) is 0 Å². The van der Waals surface area contributed by atoms with Gasteiger partial charge in [0.1, 0.15) is 5.69 Å². The summed E-state index contributed by atoms with van der Waals surface area (Å²) in [4.78, 5) is 0. The highest BCUT2D eigenvalue weighted by molar-refractivity contribution is 9.10. The third-order valence-electron chi connectivity index (χ3n) is 3.52. The summed E-state index contributed by atoms with van der Waals surface area (Å²) in [5.41, 5.74) is 8.93. The highest BCUT2D eigenvalue weighted by Gasteiger charge is 2.27. The van der Waals surface area contributed by atoms with Crippen LogP contribution in [-0.2, 0) is 6.54 Å². The molecule has 0 radical (unpaired) electrons. The SMILES string of the molecule is NCc1nnn(-c2cccc(Br)c2)c1C1CCC1. The summed E-state index contributed by atoms with van der Waals surface area (Å²) < 4.78 is 2.99. The van der Waals surface area contributed by atoms with E-state index in [9.17, 15) is 0 Å². The van der Waals surface area contributed by atoms with E-state index in [1.54, 1.807) is 0 Å². The van der Waals surface area contributed by atoms with Crippen LogP contribution in [0.1, 0.15) is 36.6 Å². The van der Waals surface area contributed by atoms with Gasteiger partial charge < -0.3 is 5.73 Å². The van der Waals surface area contributed by atoms with Crippen molar-refractivity contribution in [3.8, 4) is 5.69 Å². The van der Waals surface area contributed by atoms with Crippen LogP contribution in [0.5, 0.6) is 0 Å². The van der Waals surface area contributed by atoms with Crippen molar-refractivity contribution >= 4 is 15.9 Å². The smallest absolute Gasteiger partial charge is 0.100 e. The summed E-state index contributed by atoms with van der Waals surface area (Å²) in [6, 6.07) is 8.11. The Labute approximate surface area is 114 Å². The van der Waals surface area contributed by atoms with Gasteiger partial charge in [0.05, 0.1) is 11.4 Å². The van der Waals surface area contributed by atoms with Crippen LogP contribution in [0.2, 0.25) is 0 Å². The van der Waals surface area contributed by atoms with Gasteiger partial charge in [-0.3, -0.25) is 0 Å². The third kappa shape index (κ3) is 1.97. The summed E-state index contributed by atoms with van der Waals surface area (Å²) in [6.45, 7) is 0.458. The second-order valence-electron chi connectivity index (χ2n) is 4.65. The number of hydrogen-bond acceptors (Lipinski definition) is 3. The van der Waals surface area contributed by atoms with Gasteiger partial charge in [-0.05, 0) is 31.0 Å². The molecule has 0 bridgehead atoms. The molecule has 0 unspecified atom stereocenters. The highest BCUT2D eigenvalue weighted by Crippen LogP contribution is 2.38. The minimum Gasteiger partial charge on any atom is -0.325 e. The first-order valence-corrected chi connectivity index (χ1v) is 6.99. The van der Waals surface area contributed by atoms with Gasteiger partial charge in [0.2, 0.25) is 0 Å². The lowest BCUT2D eigenvalue weighted by Crippen LogP contribution is -2.17. The zero-order valence-corrected chi connectivity index (χ0v) is 11.6. The van der Waals surface area contributed by atoms with Crippen molar-refractivity contribution in [2.45, 2.75) is 31.7 Å². The van der Waals surface area contributed by atoms with Crippen LogP contribution in [0.4, 0.5) is 0 Å². The molecule has 0 atom stereocenters. The summed E-state index contributed by atoms with van der Waals surface area (Å²) in [6.07, 6.45) is 3.72. The fraction of sp³-hybridized carbons (Fsp3) is 0.385. The predicted octanol–water partition coefficient (Wildman–Crippen LogP) is 2.76. The molecule has 1 fully saturated rings. The average Bonchev–Trinajstić information content (AvgIpc) is 2.70. The van der Waals surface area contributed by atoms with Crippen molar-refractivity contribution in [3.63, 3.8) is 0 Å². The molecule has 0 aliphatic heterocycles. The van der Waals surface area contributed by atoms with Crippen LogP contribution < -0.4 is 5.73 Å². The first-order chi connectivity index (χ1) is 8.79. The topological polar surface area (TPSA) is 56.7 Å². The molecule has 1 aromatic carbocycles. The molecule has 1 aromatic heterocycles. The molecular formula is C13H15BrN4. The van der Waals surface area contributed by atoms with E-state index in [-0.39, 0.29) is 0 Å². The maximum absolute atomic E-state index is 5.76. The molecule has 1 saturated carbocycles. The normalized spacial score (nSPS) is 15.7. The Hall–Kier alpha value is -1.20. The second kappa shape index (κ2) is 4.82. The summed E-state index contributed by atoms with van der Waals surface area (Å²) in [5.74, 6) is 0.567. The number of benzene rings is 1. The Morgan fingerprint density at radius 3 is 2.83 bits per heavy atom. The van der Waals surface area contributed by atoms with Crippen LogP contribution in [0.25, 0.3) is 5.69 Å². The molecule has 4 nitrogen and oxygen atoms in total. The lowest BCUT2D eigenvalue weighted by molar-refractivity contribution is 0.401. The molecule has 94 valence electrons. The largest absolute Gasteiger partial charge is 0.325 e. The van der Waals surface area contributed by atoms with Crippen molar-refractivity contribution in [2.75, 3.05) is 0 Å². The molecular weight excluding hydrogens is 292 g/mol. The minimum absolute atomic E-state index is 0.458. The molecule has 18 heavy (non-hydrogen) atoms. The van der Waals surface area contributed by atoms with E-state index in [2.05, 4.69) is 32.3 Å². The van der Waals surface area contributed by atoms with E-state index in [4.69, 9.17) is 5.73 Å². The fourth-order valence-electron chi connectivity index (χ4n) is 2.35. The number of halogens is 1. The van der Waals surface area contributed by atoms with E-state index in [1.165, 1.54) is 25.0 Å². The highest BCUT2D eigenvalue weighted by atomic mass is 79.9. The molecule has 1 aliphatic carbocycles. The maximum atomic E-state index is 5.76. The Balaban J connectivity index is 2.08. The maximum Gasteiger partial charge on any atom is 0.100 e. The molecule has 1 heterocycles. The molecule has 0 saturated heterocycles. The van der Waals surface area contributed by atoms with Crippen LogP contribution in [-0.4, -0.2) is 15.0 Å². The second-order valence-corrected chi connectivity index (χ2v) is 5.56. The molecule has 2 aromatic rings. The first kappa shape index (κ1) is 11.9. The number of rotatable bonds is 3. The predicted molar refractivity (Wildman–Crippen MR) is 73.5 cm³/mol. The summed E-state index contributed by atoms with van der Waals surface area (Å²) >= 11 is 3.49. The zero-order chi connectivity index (χ0) is 12.5. The summed E-state index contributed by atoms with van der Waals surface area (Å²) in [5, 5.41) is 8.48. The van der Waals surface area contributed by atoms with Gasteiger partial charge in [0, 0.05) is 16.9 Å². The van der Waals surface area contributed by atoms with E-state index < -0.39 is 0 Å². The van der Waals surface area contributed by atoms with E-state index >= 15 is 0 Å². The molecule has 5 heteroatoms. The first-order valence-electron chi connectivity index (χ1n) is 6.20. The van der Waals surface area contributed by atoms with Gasteiger partial charge in [-0.2, -0.15) is 0 Å². The molecule has 0 spiro atoms. The van der Waals surface area contributed by atoms with E-state index in [0.717, 1.165) is 15.9 Å². The lowest BCUT2D eigenvalue weighted by atomic mass is 9.82. The van der Waals surface area contributed by atoms with E-state index in [1.807, 2.05) is 22.9 Å². The Morgan fingerprint density at radius 1 is 1.39 bits per heavy atom. The van der Waals surface area contributed by atoms with Gasteiger partial charge in [-0.1, -0.05) is 33.6 Å². The van der Waals surface area contributed by atoms with Gasteiger partial charge in [-0.25, -0.2) is 4.68 Å². The van der Waals surface area contributed by atoms with Crippen LogP contribution >= 0.6 is 15.9 Å². The number of nitrogens with two attached hydrogens (primary N) is 1. The van der Waals surface area contributed by atoms with Crippen LogP contribution in [0, 0.1) is 0 Å². The van der Waals surface area contributed by atoms with Gasteiger partial charge >= 0.3 is 0 Å². The number of hydrogen-bond donors (Lipinski definition) is 1. The third-order valence-corrected chi connectivity index (χ3v) is 4.01. The van der Waals surface area contributed by atoms with Crippen molar-refractivity contribution in [3.05, 3.63) is 40.1 Å². The van der Waals surface area contributed by atoms with Crippen molar-refractivity contribution in [1.29, 1.82) is 0 Å². The van der Waals surface area contributed by atoms with Crippen molar-refractivity contribution in [2.24, 2.45) is 5.73 Å². The number of nitrogens with zero attached hydrogens (tertiary/aromatic N) is 3. The lowest BCUT2D eigenvalue weighted by Gasteiger charge is -2.26. The van der Waals surface area contributed by atoms with Crippen molar-refractivity contribution in [1.82, 2.24) is 15.0 Å². The molecule has 0 amide bonds. The summed E-state index contributed by atoms with van der Waals surface area (Å²) in [7, 11) is 0. The van der Waals surface area contributed by atoms with Gasteiger partial charge in [0.25, 0.3) is 0 Å². The number of aromatic nitrogens is 3. The van der Waals surface area contributed by atoms with Crippen LogP contribution in [0.3, 0.4) is 0 Å². The van der Waals surface area contributed by atoms with Crippen LogP contribution in [0.15, 0.2) is 28.7 Å². The zero-order valence-electron chi connectivity index (χ0n) is 10.0. The molecule has 3 rings (SSSR count). The van der Waals surface area contributed by atoms with E-state index in [0.29, 0.717) is 12.5 Å². The molecule has 2 N–H and O–H groups in total. The monoisotopic (exact) mass is 306 g/mol. The molecule has 1 aliphatic rings. The standard InChI is InChI=1S/C13H15BrN4/c14-10-5-2-6-11(7-10)18-13(9-3-1-4-9)12(8-15)16-17-18/h2,5-7,9H,1,3-4,8,15H2. The Morgan fingerprint density at radius 2 is 2.22 bits per heavy atom. The average molecular weight is 307 g/mol. The quantitative estimate of drug-likeness (QED) is 0.948. The van der Waals surface area contributed by atoms with Crippen molar-refractivity contribution < 1.29 is 0 Å².